The zero-order chi connectivity index (χ0) is 18.3. The van der Waals surface area contributed by atoms with Crippen molar-refractivity contribution < 1.29 is 4.52 Å². The summed E-state index contributed by atoms with van der Waals surface area (Å²) in [7, 11) is 0. The fourth-order valence-electron chi connectivity index (χ4n) is 2.77. The van der Waals surface area contributed by atoms with Crippen molar-refractivity contribution in [2.45, 2.75) is 13.5 Å². The predicted octanol–water partition coefficient (Wildman–Crippen LogP) is 3.08. The molecule has 0 saturated heterocycles. The number of benzene rings is 2. The maximum Gasteiger partial charge on any atom is 0.328 e. The lowest BCUT2D eigenvalue weighted by Gasteiger charge is -2.04. The van der Waals surface area contributed by atoms with Crippen LogP contribution in [-0.4, -0.2) is 19.7 Å². The number of rotatable bonds is 3. The molecule has 2 aromatic carbocycles. The summed E-state index contributed by atoms with van der Waals surface area (Å²) in [4.78, 5) is 31.4. The lowest BCUT2D eigenvalue weighted by molar-refractivity contribution is 0.432. The van der Waals surface area contributed by atoms with E-state index in [9.17, 15) is 9.59 Å². The zero-order valence-corrected chi connectivity index (χ0v) is 14.4. The van der Waals surface area contributed by atoms with E-state index in [1.807, 2.05) is 12.1 Å². The number of nitrogens with zero attached hydrogens (tertiary/aromatic N) is 3. The molecule has 0 spiro atoms. The number of nitrogens with one attached hydrogen (secondary N) is 1. The van der Waals surface area contributed by atoms with Gasteiger partial charge in [0.25, 0.3) is 11.4 Å². The standard InChI is InChI=1S/C18H13ClN4O3/c1-2-23-17(24)12-8-7-10(9-14(12)20-18(23)25)16-21-15(22-26-16)11-5-3-4-6-13(11)19/h3-9H,2H2,1H3,(H,20,25). The van der Waals surface area contributed by atoms with E-state index < -0.39 is 5.69 Å². The van der Waals surface area contributed by atoms with Gasteiger partial charge in [0.15, 0.2) is 0 Å². The van der Waals surface area contributed by atoms with E-state index in [4.69, 9.17) is 16.1 Å². The van der Waals surface area contributed by atoms with Crippen molar-refractivity contribution in [3.8, 4) is 22.8 Å². The molecule has 0 radical (unpaired) electrons. The minimum Gasteiger partial charge on any atom is -0.334 e. The second-order valence-corrected chi connectivity index (χ2v) is 6.05. The van der Waals surface area contributed by atoms with Crippen molar-refractivity contribution in [2.24, 2.45) is 0 Å². The molecule has 0 aliphatic heterocycles. The lowest BCUT2D eigenvalue weighted by Crippen LogP contribution is -2.34. The summed E-state index contributed by atoms with van der Waals surface area (Å²) < 4.78 is 6.46. The van der Waals surface area contributed by atoms with E-state index in [-0.39, 0.29) is 11.4 Å². The van der Waals surface area contributed by atoms with Crippen molar-refractivity contribution in [3.05, 3.63) is 68.3 Å². The van der Waals surface area contributed by atoms with Gasteiger partial charge in [-0.3, -0.25) is 9.36 Å². The van der Waals surface area contributed by atoms with Crippen LogP contribution >= 0.6 is 11.6 Å². The third-order valence-corrected chi connectivity index (χ3v) is 4.42. The molecule has 2 heterocycles. The molecular formula is C18H13ClN4O3. The molecule has 4 rings (SSSR count). The van der Waals surface area contributed by atoms with Gasteiger partial charge in [-0.15, -0.1) is 0 Å². The van der Waals surface area contributed by atoms with Gasteiger partial charge in [0.1, 0.15) is 0 Å². The van der Waals surface area contributed by atoms with Gasteiger partial charge in [-0.2, -0.15) is 4.98 Å². The highest BCUT2D eigenvalue weighted by atomic mass is 35.5. The highest BCUT2D eigenvalue weighted by Gasteiger charge is 2.14. The molecular weight excluding hydrogens is 356 g/mol. The summed E-state index contributed by atoms with van der Waals surface area (Å²) >= 11 is 6.16. The van der Waals surface area contributed by atoms with E-state index >= 15 is 0 Å². The van der Waals surface area contributed by atoms with E-state index in [1.54, 1.807) is 37.3 Å². The van der Waals surface area contributed by atoms with Gasteiger partial charge >= 0.3 is 5.69 Å². The molecule has 8 heteroatoms. The van der Waals surface area contributed by atoms with Crippen LogP contribution in [0.25, 0.3) is 33.7 Å². The first-order valence-electron chi connectivity index (χ1n) is 7.94. The molecule has 2 aromatic heterocycles. The molecule has 26 heavy (non-hydrogen) atoms. The van der Waals surface area contributed by atoms with E-state index in [2.05, 4.69) is 15.1 Å². The Bertz CT molecular complexity index is 1240. The average Bonchev–Trinajstić information content (AvgIpc) is 3.12. The van der Waals surface area contributed by atoms with Gasteiger partial charge in [0.05, 0.1) is 15.9 Å². The molecule has 1 N–H and O–H groups in total. The van der Waals surface area contributed by atoms with Crippen LogP contribution in [0.2, 0.25) is 5.02 Å². The summed E-state index contributed by atoms with van der Waals surface area (Å²) in [6.45, 7) is 2.04. The first kappa shape index (κ1) is 16.3. The first-order chi connectivity index (χ1) is 12.6. The Balaban J connectivity index is 1.82. The topological polar surface area (TPSA) is 93.8 Å². The monoisotopic (exact) mass is 368 g/mol. The Kier molecular flexibility index (Phi) is 3.93. The summed E-state index contributed by atoms with van der Waals surface area (Å²) in [5.74, 6) is 0.628. The molecule has 0 unspecified atom stereocenters. The number of aromatic nitrogens is 4. The van der Waals surface area contributed by atoms with Gasteiger partial charge < -0.3 is 9.51 Å². The van der Waals surface area contributed by atoms with Crippen LogP contribution in [-0.2, 0) is 6.54 Å². The molecule has 0 bridgehead atoms. The second-order valence-electron chi connectivity index (χ2n) is 5.64. The smallest absolute Gasteiger partial charge is 0.328 e. The molecule has 7 nitrogen and oxygen atoms in total. The number of aromatic amines is 1. The van der Waals surface area contributed by atoms with Crippen LogP contribution in [0.5, 0.6) is 0 Å². The van der Waals surface area contributed by atoms with Gasteiger partial charge in [0.2, 0.25) is 5.82 Å². The van der Waals surface area contributed by atoms with Gasteiger partial charge in [-0.05, 0) is 37.3 Å². The van der Waals surface area contributed by atoms with Crippen molar-refractivity contribution in [3.63, 3.8) is 0 Å². The van der Waals surface area contributed by atoms with Gasteiger partial charge in [-0.1, -0.05) is 28.9 Å². The van der Waals surface area contributed by atoms with Crippen LogP contribution in [0.1, 0.15) is 6.92 Å². The van der Waals surface area contributed by atoms with Crippen molar-refractivity contribution in [1.82, 2.24) is 19.7 Å². The number of hydrogen-bond donors (Lipinski definition) is 1. The van der Waals surface area contributed by atoms with Gasteiger partial charge in [0, 0.05) is 17.7 Å². The fourth-order valence-corrected chi connectivity index (χ4v) is 2.99. The number of H-pyrrole nitrogens is 1. The molecule has 0 aliphatic rings. The Morgan fingerprint density at radius 2 is 2.00 bits per heavy atom. The number of fused-ring (bicyclic) bond motifs is 1. The van der Waals surface area contributed by atoms with Crippen LogP contribution in [0.4, 0.5) is 0 Å². The minimum atomic E-state index is -0.454. The molecule has 0 saturated carbocycles. The number of halogens is 1. The normalized spacial score (nSPS) is 11.2. The molecule has 0 aliphatic carbocycles. The lowest BCUT2D eigenvalue weighted by atomic mass is 10.1. The highest BCUT2D eigenvalue weighted by molar-refractivity contribution is 6.33. The third kappa shape index (κ3) is 2.62. The summed E-state index contributed by atoms with van der Waals surface area (Å²) in [5, 5.41) is 4.89. The van der Waals surface area contributed by atoms with Gasteiger partial charge in [-0.25, -0.2) is 4.79 Å². The largest absolute Gasteiger partial charge is 0.334 e. The fraction of sp³-hybridized carbons (Fsp3) is 0.111. The first-order valence-corrected chi connectivity index (χ1v) is 8.32. The Morgan fingerprint density at radius 3 is 2.77 bits per heavy atom. The average molecular weight is 369 g/mol. The van der Waals surface area contributed by atoms with Crippen molar-refractivity contribution in [1.29, 1.82) is 0 Å². The van der Waals surface area contributed by atoms with Crippen LogP contribution < -0.4 is 11.2 Å². The SMILES string of the molecule is CCn1c(=O)[nH]c2cc(-c3nc(-c4ccccc4Cl)no3)ccc2c1=O. The van der Waals surface area contributed by atoms with E-state index in [0.717, 1.165) is 4.57 Å². The van der Waals surface area contributed by atoms with Crippen molar-refractivity contribution >= 4 is 22.5 Å². The second kappa shape index (κ2) is 6.27. The molecule has 0 fully saturated rings. The molecule has 4 aromatic rings. The summed E-state index contributed by atoms with van der Waals surface area (Å²) in [6.07, 6.45) is 0. The van der Waals surface area contributed by atoms with E-state index in [0.29, 0.717) is 39.4 Å². The maximum atomic E-state index is 12.3. The maximum absolute atomic E-state index is 12.3. The molecule has 0 amide bonds. The highest BCUT2D eigenvalue weighted by Crippen LogP contribution is 2.28. The third-order valence-electron chi connectivity index (χ3n) is 4.09. The zero-order valence-electron chi connectivity index (χ0n) is 13.7. The van der Waals surface area contributed by atoms with Crippen LogP contribution in [0.15, 0.2) is 56.6 Å². The minimum absolute atomic E-state index is 0.266. The van der Waals surface area contributed by atoms with E-state index in [1.165, 1.54) is 0 Å². The molecule has 0 atom stereocenters. The Labute approximate surface area is 151 Å². The Morgan fingerprint density at radius 1 is 1.19 bits per heavy atom. The summed E-state index contributed by atoms with van der Waals surface area (Å²) in [5.41, 5.74) is 0.876. The quantitative estimate of drug-likeness (QED) is 0.599. The Hall–Kier alpha value is -3.19. The van der Waals surface area contributed by atoms with Crippen LogP contribution in [0.3, 0.4) is 0 Å². The number of hydrogen-bond acceptors (Lipinski definition) is 5. The van der Waals surface area contributed by atoms with Crippen molar-refractivity contribution in [2.75, 3.05) is 0 Å². The van der Waals surface area contributed by atoms with Crippen LogP contribution in [0, 0.1) is 0 Å². The summed E-state index contributed by atoms with van der Waals surface area (Å²) in [6, 6.07) is 12.2. The molecule has 130 valence electrons. The predicted molar refractivity (Wildman–Crippen MR) is 98.2 cm³/mol.